The summed E-state index contributed by atoms with van der Waals surface area (Å²) in [6.07, 6.45) is 0.518. The number of nitrogens with zero attached hydrogens (tertiary/aromatic N) is 1. The van der Waals surface area contributed by atoms with Crippen molar-refractivity contribution in [3.05, 3.63) is 66.2 Å². The summed E-state index contributed by atoms with van der Waals surface area (Å²) < 4.78 is 24.5. The fraction of sp³-hybridized carbons (Fsp3) is 0.381. The van der Waals surface area contributed by atoms with Crippen LogP contribution in [-0.4, -0.2) is 45.5 Å². The van der Waals surface area contributed by atoms with Gasteiger partial charge in [-0.15, -0.1) is 35.7 Å². The minimum absolute atomic E-state index is 0. The van der Waals surface area contributed by atoms with Crippen molar-refractivity contribution in [3.63, 3.8) is 0 Å². The molecule has 0 saturated heterocycles. The number of sulfone groups is 1. The first-order valence-corrected chi connectivity index (χ1v) is 12.3. The summed E-state index contributed by atoms with van der Waals surface area (Å²) in [6, 6.07) is 19.6. The molecular weight excluding hydrogens is 517 g/mol. The first kappa shape index (κ1) is 25.8. The molecule has 0 saturated carbocycles. The van der Waals surface area contributed by atoms with E-state index >= 15 is 0 Å². The van der Waals surface area contributed by atoms with Crippen molar-refractivity contribution in [3.8, 4) is 0 Å². The second-order valence-electron chi connectivity index (χ2n) is 6.28. The number of nitrogens with one attached hydrogen (secondary N) is 2. The SMILES string of the molecule is CCNC(=NCCCS(=O)(=O)Cc1ccccc1)NCCSc1ccccc1.I. The summed E-state index contributed by atoms with van der Waals surface area (Å²) in [4.78, 5) is 5.73. The molecular formula is C21H30IN3O2S2. The van der Waals surface area contributed by atoms with E-state index in [1.54, 1.807) is 11.8 Å². The lowest BCUT2D eigenvalue weighted by Crippen LogP contribution is -2.38. The average Bonchev–Trinajstić information content (AvgIpc) is 2.69. The number of rotatable bonds is 11. The largest absolute Gasteiger partial charge is 0.357 e. The Bertz CT molecular complexity index is 816. The van der Waals surface area contributed by atoms with Gasteiger partial charge in [-0.3, -0.25) is 4.99 Å². The normalized spacial score (nSPS) is 11.6. The van der Waals surface area contributed by atoms with Gasteiger partial charge in [-0.2, -0.15) is 0 Å². The molecule has 8 heteroatoms. The van der Waals surface area contributed by atoms with E-state index in [1.165, 1.54) is 4.90 Å². The Labute approximate surface area is 196 Å². The van der Waals surface area contributed by atoms with Crippen molar-refractivity contribution in [1.82, 2.24) is 10.6 Å². The standard InChI is InChI=1S/C21H29N3O2S2.HI/c1-2-22-21(24-15-16-27-20-12-7-4-8-13-20)23-14-9-17-28(25,26)18-19-10-5-3-6-11-19;/h3-8,10-13H,2,9,14-18H2,1H3,(H2,22,23,24);1H. The second kappa shape index (κ2) is 14.7. The molecule has 2 aromatic carbocycles. The van der Waals surface area contributed by atoms with E-state index in [4.69, 9.17) is 0 Å². The van der Waals surface area contributed by atoms with Gasteiger partial charge in [-0.05, 0) is 31.0 Å². The van der Waals surface area contributed by atoms with E-state index in [9.17, 15) is 8.42 Å². The van der Waals surface area contributed by atoms with E-state index in [1.807, 2.05) is 55.5 Å². The summed E-state index contributed by atoms with van der Waals surface area (Å²) in [5.41, 5.74) is 0.830. The van der Waals surface area contributed by atoms with Crippen molar-refractivity contribution in [2.24, 2.45) is 4.99 Å². The van der Waals surface area contributed by atoms with Crippen LogP contribution in [0.25, 0.3) is 0 Å². The molecule has 0 amide bonds. The van der Waals surface area contributed by atoms with Crippen LogP contribution in [0.4, 0.5) is 0 Å². The Balaban J connectivity index is 0.00000420. The average molecular weight is 548 g/mol. The first-order chi connectivity index (χ1) is 13.6. The molecule has 0 aromatic heterocycles. The Morgan fingerprint density at radius 3 is 2.31 bits per heavy atom. The lowest BCUT2D eigenvalue weighted by Gasteiger charge is -2.11. The zero-order valence-electron chi connectivity index (χ0n) is 16.7. The van der Waals surface area contributed by atoms with Crippen LogP contribution >= 0.6 is 35.7 Å². The second-order valence-corrected chi connectivity index (χ2v) is 9.63. The first-order valence-electron chi connectivity index (χ1n) is 9.53. The molecule has 0 atom stereocenters. The number of halogens is 1. The summed E-state index contributed by atoms with van der Waals surface area (Å²) in [5.74, 6) is 1.90. The van der Waals surface area contributed by atoms with Gasteiger partial charge >= 0.3 is 0 Å². The molecule has 0 bridgehead atoms. The van der Waals surface area contributed by atoms with Gasteiger partial charge in [-0.25, -0.2) is 8.42 Å². The van der Waals surface area contributed by atoms with Gasteiger partial charge in [0.25, 0.3) is 0 Å². The van der Waals surface area contributed by atoms with Crippen LogP contribution in [0.15, 0.2) is 70.6 Å². The van der Waals surface area contributed by atoms with Crippen molar-refractivity contribution in [2.75, 3.05) is 31.1 Å². The molecule has 0 fully saturated rings. The molecule has 0 unspecified atom stereocenters. The summed E-state index contributed by atoms with van der Waals surface area (Å²) in [6.45, 7) is 4.05. The molecule has 2 rings (SSSR count). The topological polar surface area (TPSA) is 70.6 Å². The fourth-order valence-corrected chi connectivity index (χ4v) is 4.78. The number of aliphatic imine (C=N–C) groups is 1. The maximum Gasteiger partial charge on any atom is 0.191 e. The van der Waals surface area contributed by atoms with E-state index in [0.717, 1.165) is 30.4 Å². The fourth-order valence-electron chi connectivity index (χ4n) is 2.57. The lowest BCUT2D eigenvalue weighted by molar-refractivity contribution is 0.592. The molecule has 5 nitrogen and oxygen atoms in total. The predicted octanol–water partition coefficient (Wildman–Crippen LogP) is 3.96. The van der Waals surface area contributed by atoms with Crippen LogP contribution in [0, 0.1) is 0 Å². The zero-order valence-corrected chi connectivity index (χ0v) is 20.7. The van der Waals surface area contributed by atoms with Crippen LogP contribution in [0.5, 0.6) is 0 Å². The number of thioether (sulfide) groups is 1. The third-order valence-electron chi connectivity index (χ3n) is 3.86. The Morgan fingerprint density at radius 1 is 1.00 bits per heavy atom. The smallest absolute Gasteiger partial charge is 0.191 e. The number of benzene rings is 2. The summed E-state index contributed by atoms with van der Waals surface area (Å²) in [5, 5.41) is 6.50. The highest BCUT2D eigenvalue weighted by atomic mass is 127. The molecule has 0 aliphatic heterocycles. The predicted molar refractivity (Wildman–Crippen MR) is 135 cm³/mol. The third kappa shape index (κ3) is 11.5. The monoisotopic (exact) mass is 547 g/mol. The van der Waals surface area contributed by atoms with E-state index in [0.29, 0.717) is 13.0 Å². The quantitative estimate of drug-likeness (QED) is 0.147. The van der Waals surface area contributed by atoms with Crippen LogP contribution in [-0.2, 0) is 15.6 Å². The summed E-state index contributed by atoms with van der Waals surface area (Å²) in [7, 11) is -3.11. The van der Waals surface area contributed by atoms with Crippen LogP contribution in [0.2, 0.25) is 0 Å². The molecule has 29 heavy (non-hydrogen) atoms. The molecule has 2 N–H and O–H groups in total. The Morgan fingerprint density at radius 2 is 1.66 bits per heavy atom. The maximum atomic E-state index is 12.2. The van der Waals surface area contributed by atoms with Crippen LogP contribution in [0.1, 0.15) is 18.9 Å². The number of hydrogen-bond donors (Lipinski definition) is 2. The van der Waals surface area contributed by atoms with Gasteiger partial charge in [0, 0.05) is 30.3 Å². The Kier molecular flexibility index (Phi) is 13.0. The van der Waals surface area contributed by atoms with Gasteiger partial charge in [0.05, 0.1) is 11.5 Å². The molecule has 2 aromatic rings. The van der Waals surface area contributed by atoms with Gasteiger partial charge in [-0.1, -0.05) is 48.5 Å². The van der Waals surface area contributed by atoms with Crippen molar-refractivity contribution in [2.45, 2.75) is 24.0 Å². The maximum absolute atomic E-state index is 12.2. The van der Waals surface area contributed by atoms with Crippen molar-refractivity contribution < 1.29 is 8.42 Å². The van der Waals surface area contributed by atoms with Crippen LogP contribution in [0.3, 0.4) is 0 Å². The van der Waals surface area contributed by atoms with E-state index < -0.39 is 9.84 Å². The van der Waals surface area contributed by atoms with Gasteiger partial charge in [0.15, 0.2) is 15.8 Å². The highest BCUT2D eigenvalue weighted by molar-refractivity contribution is 14.0. The molecule has 0 aliphatic rings. The molecule has 0 aliphatic carbocycles. The highest BCUT2D eigenvalue weighted by Gasteiger charge is 2.11. The molecule has 0 spiro atoms. The van der Waals surface area contributed by atoms with E-state index in [2.05, 4.69) is 27.8 Å². The van der Waals surface area contributed by atoms with Crippen molar-refractivity contribution >= 4 is 51.5 Å². The summed E-state index contributed by atoms with van der Waals surface area (Å²) >= 11 is 1.79. The number of guanidine groups is 1. The van der Waals surface area contributed by atoms with Crippen LogP contribution < -0.4 is 10.6 Å². The zero-order chi connectivity index (χ0) is 20.1. The molecule has 0 heterocycles. The minimum atomic E-state index is -3.11. The minimum Gasteiger partial charge on any atom is -0.357 e. The third-order valence-corrected chi connectivity index (χ3v) is 6.56. The molecule has 160 valence electrons. The molecule has 0 radical (unpaired) electrons. The van der Waals surface area contributed by atoms with E-state index in [-0.39, 0.29) is 35.5 Å². The van der Waals surface area contributed by atoms with Gasteiger partial charge < -0.3 is 10.6 Å². The Hall–Kier alpha value is -1.26. The lowest BCUT2D eigenvalue weighted by atomic mass is 10.2. The highest BCUT2D eigenvalue weighted by Crippen LogP contribution is 2.15. The van der Waals surface area contributed by atoms with Gasteiger partial charge in [0.1, 0.15) is 0 Å². The number of hydrogen-bond acceptors (Lipinski definition) is 4. The van der Waals surface area contributed by atoms with Crippen molar-refractivity contribution in [1.29, 1.82) is 0 Å². The van der Waals surface area contributed by atoms with Gasteiger partial charge in [0.2, 0.25) is 0 Å².